The summed E-state index contributed by atoms with van der Waals surface area (Å²) in [6.45, 7) is 0.162. The number of aliphatic hydroxyl groups is 1. The van der Waals surface area contributed by atoms with Gasteiger partial charge in [-0.3, -0.25) is 0 Å². The smallest absolute Gasteiger partial charge is 0.319 e. The standard InChI is InChI=1S/C16H17FN2O3/c1-22-15-7-13(17)6-14(8-15)19-16(21)18-9-11-4-2-3-5-12(11)10-20/h2-8,20H,9-10H2,1H3,(H2,18,19,21). The number of methoxy groups -OCH3 is 1. The molecule has 0 aliphatic rings. The van der Waals surface area contributed by atoms with E-state index in [2.05, 4.69) is 10.6 Å². The quantitative estimate of drug-likeness (QED) is 0.795. The Kier molecular flexibility index (Phi) is 5.32. The fourth-order valence-corrected chi connectivity index (χ4v) is 1.99. The van der Waals surface area contributed by atoms with Gasteiger partial charge in [-0.05, 0) is 17.2 Å². The van der Waals surface area contributed by atoms with Crippen molar-refractivity contribution in [3.8, 4) is 5.75 Å². The van der Waals surface area contributed by atoms with Gasteiger partial charge in [-0.1, -0.05) is 24.3 Å². The summed E-state index contributed by atoms with van der Waals surface area (Å²) < 4.78 is 18.3. The highest BCUT2D eigenvalue weighted by atomic mass is 19.1. The van der Waals surface area contributed by atoms with E-state index < -0.39 is 11.8 Å². The number of aliphatic hydroxyl groups excluding tert-OH is 1. The van der Waals surface area contributed by atoms with Gasteiger partial charge in [-0.15, -0.1) is 0 Å². The number of nitrogens with one attached hydrogen (secondary N) is 2. The third-order valence-electron chi connectivity index (χ3n) is 3.09. The van der Waals surface area contributed by atoms with E-state index in [0.717, 1.165) is 11.1 Å². The fraction of sp³-hybridized carbons (Fsp3) is 0.188. The molecule has 0 heterocycles. The van der Waals surface area contributed by atoms with Gasteiger partial charge in [0.2, 0.25) is 0 Å². The van der Waals surface area contributed by atoms with Crippen LogP contribution in [0.1, 0.15) is 11.1 Å². The molecule has 2 aromatic rings. The van der Waals surface area contributed by atoms with Crippen LogP contribution < -0.4 is 15.4 Å². The minimum atomic E-state index is -0.500. The van der Waals surface area contributed by atoms with Crippen molar-refractivity contribution in [2.45, 2.75) is 13.2 Å². The van der Waals surface area contributed by atoms with E-state index >= 15 is 0 Å². The number of rotatable bonds is 5. The van der Waals surface area contributed by atoms with Gasteiger partial charge in [0.15, 0.2) is 0 Å². The Bertz CT molecular complexity index is 662. The third kappa shape index (κ3) is 4.20. The van der Waals surface area contributed by atoms with Crippen molar-refractivity contribution in [2.75, 3.05) is 12.4 Å². The van der Waals surface area contributed by atoms with E-state index in [4.69, 9.17) is 4.74 Å². The van der Waals surface area contributed by atoms with Crippen LogP contribution in [0.25, 0.3) is 0 Å². The van der Waals surface area contributed by atoms with Crippen molar-refractivity contribution in [1.29, 1.82) is 0 Å². The second-order valence-electron chi connectivity index (χ2n) is 4.61. The number of amides is 2. The number of halogens is 1. The number of anilines is 1. The molecule has 2 aromatic carbocycles. The lowest BCUT2D eigenvalue weighted by atomic mass is 10.1. The lowest BCUT2D eigenvalue weighted by molar-refractivity contribution is 0.251. The minimum absolute atomic E-state index is 0.0967. The summed E-state index contributed by atoms with van der Waals surface area (Å²) in [6.07, 6.45) is 0. The largest absolute Gasteiger partial charge is 0.497 e. The van der Waals surface area contributed by atoms with Gasteiger partial charge >= 0.3 is 6.03 Å². The van der Waals surface area contributed by atoms with Crippen LogP contribution in [-0.2, 0) is 13.2 Å². The summed E-state index contributed by atoms with van der Waals surface area (Å²) in [4.78, 5) is 11.8. The monoisotopic (exact) mass is 304 g/mol. The molecule has 0 unspecified atom stereocenters. The molecule has 0 atom stereocenters. The lowest BCUT2D eigenvalue weighted by Gasteiger charge is -2.11. The minimum Gasteiger partial charge on any atom is -0.497 e. The molecule has 2 rings (SSSR count). The zero-order valence-electron chi connectivity index (χ0n) is 12.1. The molecule has 0 saturated carbocycles. The highest BCUT2D eigenvalue weighted by Gasteiger charge is 2.07. The van der Waals surface area contributed by atoms with Gasteiger partial charge < -0.3 is 20.5 Å². The maximum absolute atomic E-state index is 13.3. The average Bonchev–Trinajstić information content (AvgIpc) is 2.52. The molecule has 0 spiro atoms. The molecule has 22 heavy (non-hydrogen) atoms. The van der Waals surface area contributed by atoms with Crippen molar-refractivity contribution in [2.24, 2.45) is 0 Å². The Hall–Kier alpha value is -2.60. The van der Waals surface area contributed by atoms with Crippen molar-refractivity contribution >= 4 is 11.7 Å². The summed E-state index contributed by atoms with van der Waals surface area (Å²) in [6, 6.07) is 10.7. The molecule has 2 amide bonds. The van der Waals surface area contributed by atoms with E-state index in [0.29, 0.717) is 11.4 Å². The molecule has 0 aliphatic carbocycles. The van der Waals surface area contributed by atoms with Crippen LogP contribution in [0, 0.1) is 5.82 Å². The van der Waals surface area contributed by atoms with E-state index in [-0.39, 0.29) is 13.2 Å². The van der Waals surface area contributed by atoms with Gasteiger partial charge in [0.1, 0.15) is 11.6 Å². The first-order chi connectivity index (χ1) is 10.6. The zero-order chi connectivity index (χ0) is 15.9. The number of carbonyl (C=O) groups excluding carboxylic acids is 1. The van der Waals surface area contributed by atoms with Gasteiger partial charge in [0.05, 0.1) is 13.7 Å². The first-order valence-electron chi connectivity index (χ1n) is 6.69. The first kappa shape index (κ1) is 15.8. The van der Waals surface area contributed by atoms with Crippen LogP contribution in [0.3, 0.4) is 0 Å². The highest BCUT2D eigenvalue weighted by molar-refractivity contribution is 5.89. The number of carbonyl (C=O) groups is 1. The van der Waals surface area contributed by atoms with Gasteiger partial charge in [-0.2, -0.15) is 0 Å². The van der Waals surface area contributed by atoms with Crippen LogP contribution in [0.5, 0.6) is 5.75 Å². The van der Waals surface area contributed by atoms with Gasteiger partial charge in [0, 0.05) is 24.4 Å². The number of ether oxygens (including phenoxy) is 1. The second kappa shape index (κ2) is 7.42. The number of urea groups is 1. The SMILES string of the molecule is COc1cc(F)cc(NC(=O)NCc2ccccc2CO)c1. The molecular weight excluding hydrogens is 287 g/mol. The maximum atomic E-state index is 13.3. The molecule has 0 bridgehead atoms. The van der Waals surface area contributed by atoms with Crippen LogP contribution in [0.15, 0.2) is 42.5 Å². The topological polar surface area (TPSA) is 70.6 Å². The Morgan fingerprint density at radius 2 is 1.95 bits per heavy atom. The second-order valence-corrected chi connectivity index (χ2v) is 4.61. The zero-order valence-corrected chi connectivity index (χ0v) is 12.1. The van der Waals surface area contributed by atoms with Crippen molar-refractivity contribution in [3.63, 3.8) is 0 Å². The Morgan fingerprint density at radius 3 is 2.64 bits per heavy atom. The normalized spacial score (nSPS) is 10.1. The predicted molar refractivity (Wildman–Crippen MR) is 81.2 cm³/mol. The van der Waals surface area contributed by atoms with Gasteiger partial charge in [0.25, 0.3) is 0 Å². The molecule has 0 aromatic heterocycles. The summed E-state index contributed by atoms with van der Waals surface area (Å²) in [5.74, 6) is -0.179. The van der Waals surface area contributed by atoms with Crippen LogP contribution in [0.4, 0.5) is 14.9 Å². The Labute approximate surface area is 127 Å². The van der Waals surface area contributed by atoms with E-state index in [1.54, 1.807) is 6.07 Å². The molecule has 0 radical (unpaired) electrons. The highest BCUT2D eigenvalue weighted by Crippen LogP contribution is 2.19. The average molecular weight is 304 g/mol. The Morgan fingerprint density at radius 1 is 1.23 bits per heavy atom. The molecular formula is C16H17FN2O3. The van der Waals surface area contributed by atoms with Crippen molar-refractivity contribution in [1.82, 2.24) is 5.32 Å². The van der Waals surface area contributed by atoms with Crippen LogP contribution >= 0.6 is 0 Å². The third-order valence-corrected chi connectivity index (χ3v) is 3.09. The van der Waals surface area contributed by atoms with Crippen molar-refractivity contribution in [3.05, 3.63) is 59.4 Å². The van der Waals surface area contributed by atoms with Crippen LogP contribution in [-0.4, -0.2) is 18.2 Å². The summed E-state index contributed by atoms with van der Waals surface area (Å²) in [5.41, 5.74) is 1.86. The summed E-state index contributed by atoms with van der Waals surface area (Å²) in [5, 5.41) is 14.4. The molecule has 0 saturated heterocycles. The van der Waals surface area contributed by atoms with Crippen LogP contribution in [0.2, 0.25) is 0 Å². The molecule has 0 fully saturated rings. The predicted octanol–water partition coefficient (Wildman–Crippen LogP) is 2.65. The molecule has 6 heteroatoms. The van der Waals surface area contributed by atoms with E-state index in [9.17, 15) is 14.3 Å². The molecule has 3 N–H and O–H groups in total. The number of hydrogen-bond acceptors (Lipinski definition) is 3. The number of hydrogen-bond donors (Lipinski definition) is 3. The van der Waals surface area contributed by atoms with Crippen molar-refractivity contribution < 1.29 is 19.0 Å². The number of benzene rings is 2. The maximum Gasteiger partial charge on any atom is 0.319 e. The van der Waals surface area contributed by atoms with E-state index in [1.165, 1.54) is 25.3 Å². The summed E-state index contributed by atoms with van der Waals surface area (Å²) in [7, 11) is 1.42. The van der Waals surface area contributed by atoms with E-state index in [1.807, 2.05) is 18.2 Å². The summed E-state index contributed by atoms with van der Waals surface area (Å²) >= 11 is 0. The van der Waals surface area contributed by atoms with Gasteiger partial charge in [-0.25, -0.2) is 9.18 Å². The lowest BCUT2D eigenvalue weighted by Crippen LogP contribution is -2.28. The first-order valence-corrected chi connectivity index (χ1v) is 6.69. The Balaban J connectivity index is 1.97. The molecule has 5 nitrogen and oxygen atoms in total. The molecule has 116 valence electrons. The fourth-order valence-electron chi connectivity index (χ4n) is 1.99. The molecule has 0 aliphatic heterocycles.